The average Bonchev–Trinajstić information content (AvgIpc) is 3.08. The summed E-state index contributed by atoms with van der Waals surface area (Å²) in [6.07, 6.45) is -1.89. The quantitative estimate of drug-likeness (QED) is 0.383. The maximum Gasteiger partial charge on any atom is 0.221 e. The van der Waals surface area contributed by atoms with Crippen molar-refractivity contribution in [1.29, 1.82) is 0 Å². The third kappa shape index (κ3) is 3.24. The lowest BCUT2D eigenvalue weighted by Gasteiger charge is -2.41. The second-order valence-corrected chi connectivity index (χ2v) is 8.09. The van der Waals surface area contributed by atoms with Gasteiger partial charge in [-0.25, -0.2) is 0 Å². The first-order valence-electron chi connectivity index (χ1n) is 10.5. The van der Waals surface area contributed by atoms with Gasteiger partial charge in [0.2, 0.25) is 28.7 Å². The second-order valence-electron chi connectivity index (χ2n) is 8.09. The van der Waals surface area contributed by atoms with Crippen LogP contribution in [0.4, 0.5) is 0 Å². The SMILES string of the molecule is NC1(C(=O)c2ccccc2)O[C@H](CO)[C@](O)(C(=O)c2ccccc2)[C@]1(O)C(=O)c1ccccc1. The topological polar surface area (TPSA) is 147 Å². The molecule has 1 aliphatic rings. The Bertz CT molecular complexity index is 1220. The number of ether oxygens (including phenoxy) is 1. The van der Waals surface area contributed by atoms with Crippen LogP contribution in [0.1, 0.15) is 31.1 Å². The summed E-state index contributed by atoms with van der Waals surface area (Å²) < 4.78 is 5.57. The first-order valence-corrected chi connectivity index (χ1v) is 10.5. The van der Waals surface area contributed by atoms with Gasteiger partial charge in [0.1, 0.15) is 6.10 Å². The van der Waals surface area contributed by atoms with Gasteiger partial charge in [0.15, 0.2) is 5.60 Å². The first-order chi connectivity index (χ1) is 16.2. The summed E-state index contributed by atoms with van der Waals surface area (Å²) in [5.74, 6) is -3.38. The highest BCUT2D eigenvalue weighted by Crippen LogP contribution is 2.49. The molecule has 8 nitrogen and oxygen atoms in total. The van der Waals surface area contributed by atoms with Crippen LogP contribution in [0.25, 0.3) is 0 Å². The Morgan fingerprint density at radius 2 is 1.09 bits per heavy atom. The Kier molecular flexibility index (Phi) is 6.03. The lowest BCUT2D eigenvalue weighted by atomic mass is 9.66. The molecule has 0 radical (unpaired) electrons. The Morgan fingerprint density at radius 1 is 0.706 bits per heavy atom. The Labute approximate surface area is 195 Å². The van der Waals surface area contributed by atoms with E-state index in [1.165, 1.54) is 72.8 Å². The minimum absolute atomic E-state index is 0.0302. The zero-order chi connectivity index (χ0) is 24.6. The van der Waals surface area contributed by atoms with Crippen molar-refractivity contribution in [2.45, 2.75) is 23.0 Å². The van der Waals surface area contributed by atoms with Gasteiger partial charge in [-0.1, -0.05) is 91.0 Å². The molecule has 34 heavy (non-hydrogen) atoms. The molecular weight excluding hydrogens is 438 g/mol. The number of aliphatic hydroxyl groups excluding tert-OH is 1. The molecule has 4 atom stereocenters. The van der Waals surface area contributed by atoms with Gasteiger partial charge in [0, 0.05) is 16.7 Å². The van der Waals surface area contributed by atoms with Crippen LogP contribution in [-0.4, -0.2) is 62.3 Å². The molecule has 0 aliphatic carbocycles. The van der Waals surface area contributed by atoms with E-state index in [0.29, 0.717) is 0 Å². The maximum atomic E-state index is 13.8. The highest BCUT2D eigenvalue weighted by atomic mass is 16.6. The van der Waals surface area contributed by atoms with Gasteiger partial charge < -0.3 is 20.1 Å². The van der Waals surface area contributed by atoms with Gasteiger partial charge in [-0.05, 0) is 0 Å². The zero-order valence-corrected chi connectivity index (χ0v) is 18.0. The van der Waals surface area contributed by atoms with Gasteiger partial charge >= 0.3 is 0 Å². The number of carbonyl (C=O) groups excluding carboxylic acids is 3. The third-order valence-electron chi connectivity index (χ3n) is 6.17. The molecule has 3 aromatic rings. The number of benzene rings is 3. The lowest BCUT2D eigenvalue weighted by molar-refractivity contribution is -0.109. The van der Waals surface area contributed by atoms with E-state index in [-0.39, 0.29) is 16.7 Å². The molecule has 0 saturated carbocycles. The number of rotatable bonds is 7. The van der Waals surface area contributed by atoms with Crippen LogP contribution in [0.15, 0.2) is 91.0 Å². The molecule has 1 heterocycles. The molecule has 1 aliphatic heterocycles. The zero-order valence-electron chi connectivity index (χ0n) is 18.0. The van der Waals surface area contributed by atoms with E-state index in [4.69, 9.17) is 10.5 Å². The molecule has 1 saturated heterocycles. The van der Waals surface area contributed by atoms with Crippen LogP contribution < -0.4 is 5.73 Å². The number of hydrogen-bond acceptors (Lipinski definition) is 8. The maximum absolute atomic E-state index is 13.8. The van der Waals surface area contributed by atoms with Crippen molar-refractivity contribution in [2.24, 2.45) is 5.73 Å². The summed E-state index contributed by atoms with van der Waals surface area (Å²) in [5, 5.41) is 33.9. The van der Waals surface area contributed by atoms with E-state index in [2.05, 4.69) is 0 Å². The van der Waals surface area contributed by atoms with E-state index < -0.39 is 47.0 Å². The Morgan fingerprint density at radius 3 is 1.50 bits per heavy atom. The standard InChI is InChI=1S/C26H23NO7/c27-26(23(31)19-14-8-3-9-15-19)25(33,22(30)18-12-6-2-7-13-18)24(32,20(16-28)34-26)21(29)17-10-4-1-5-11-17/h1-15,20,28,32-33H,16,27H2/t20-,24+,25-,26?/m1/s1. The summed E-state index contributed by atoms with van der Waals surface area (Å²) in [6, 6.07) is 22.2. The minimum Gasteiger partial charge on any atom is -0.394 e. The molecule has 8 heteroatoms. The molecule has 0 bridgehead atoms. The highest BCUT2D eigenvalue weighted by molar-refractivity contribution is 6.18. The predicted octanol–water partition coefficient (Wildman–Crippen LogP) is 1.14. The molecular formula is C26H23NO7. The molecule has 5 N–H and O–H groups in total. The van der Waals surface area contributed by atoms with Gasteiger partial charge in [-0.15, -0.1) is 0 Å². The van der Waals surface area contributed by atoms with E-state index >= 15 is 0 Å². The molecule has 3 aromatic carbocycles. The Hall–Kier alpha value is -3.53. The Balaban J connectivity index is 1.98. The van der Waals surface area contributed by atoms with E-state index in [1.807, 2.05) is 0 Å². The van der Waals surface area contributed by atoms with E-state index in [1.54, 1.807) is 18.2 Å². The molecule has 1 unspecified atom stereocenters. The number of nitrogens with two attached hydrogens (primary N) is 1. The fourth-order valence-corrected chi connectivity index (χ4v) is 4.36. The summed E-state index contributed by atoms with van der Waals surface area (Å²) in [7, 11) is 0. The van der Waals surface area contributed by atoms with Crippen molar-refractivity contribution in [1.82, 2.24) is 0 Å². The fourth-order valence-electron chi connectivity index (χ4n) is 4.36. The molecule has 1 fully saturated rings. The monoisotopic (exact) mass is 461 g/mol. The van der Waals surface area contributed by atoms with Crippen LogP contribution in [0.3, 0.4) is 0 Å². The third-order valence-corrected chi connectivity index (χ3v) is 6.17. The van der Waals surface area contributed by atoms with Gasteiger partial charge in [-0.2, -0.15) is 0 Å². The number of Topliss-reactive ketones (excluding diaryl/α,β-unsaturated/α-hetero) is 3. The molecule has 0 amide bonds. The van der Waals surface area contributed by atoms with E-state index in [9.17, 15) is 29.7 Å². The van der Waals surface area contributed by atoms with Gasteiger partial charge in [0.05, 0.1) is 6.61 Å². The normalized spacial score (nSPS) is 28.4. The molecule has 0 spiro atoms. The highest BCUT2D eigenvalue weighted by Gasteiger charge is 2.80. The van der Waals surface area contributed by atoms with Crippen molar-refractivity contribution in [3.8, 4) is 0 Å². The van der Waals surface area contributed by atoms with E-state index in [0.717, 1.165) is 0 Å². The van der Waals surface area contributed by atoms with Gasteiger partial charge in [0.25, 0.3) is 0 Å². The average molecular weight is 461 g/mol. The smallest absolute Gasteiger partial charge is 0.221 e. The fraction of sp³-hybridized carbons (Fsp3) is 0.192. The number of hydrogen-bond donors (Lipinski definition) is 4. The largest absolute Gasteiger partial charge is 0.394 e. The molecule has 0 aromatic heterocycles. The van der Waals surface area contributed by atoms with Crippen LogP contribution in [-0.2, 0) is 4.74 Å². The first kappa shape index (κ1) is 23.6. The molecule has 4 rings (SSSR count). The van der Waals surface area contributed by atoms with Gasteiger partial charge in [-0.3, -0.25) is 20.1 Å². The van der Waals surface area contributed by atoms with Crippen molar-refractivity contribution < 1.29 is 34.4 Å². The van der Waals surface area contributed by atoms with Crippen LogP contribution in [0, 0.1) is 0 Å². The predicted molar refractivity (Wildman–Crippen MR) is 121 cm³/mol. The second kappa shape index (κ2) is 8.68. The summed E-state index contributed by atoms with van der Waals surface area (Å²) in [6.45, 7) is -1.01. The summed E-state index contributed by atoms with van der Waals surface area (Å²) in [5.41, 5.74) is -3.20. The lowest BCUT2D eigenvalue weighted by Crippen LogP contribution is -2.76. The van der Waals surface area contributed by atoms with Crippen molar-refractivity contribution in [3.63, 3.8) is 0 Å². The van der Waals surface area contributed by atoms with Crippen molar-refractivity contribution in [3.05, 3.63) is 108 Å². The minimum atomic E-state index is -3.30. The summed E-state index contributed by atoms with van der Waals surface area (Å²) in [4.78, 5) is 41.0. The summed E-state index contributed by atoms with van der Waals surface area (Å²) >= 11 is 0. The number of aliphatic hydroxyl groups is 3. The van der Waals surface area contributed by atoms with Crippen molar-refractivity contribution in [2.75, 3.05) is 6.61 Å². The van der Waals surface area contributed by atoms with Crippen LogP contribution >= 0.6 is 0 Å². The number of carbonyl (C=O) groups is 3. The van der Waals surface area contributed by atoms with Crippen molar-refractivity contribution >= 4 is 17.3 Å². The van der Waals surface area contributed by atoms with Crippen LogP contribution in [0.2, 0.25) is 0 Å². The van der Waals surface area contributed by atoms with Crippen LogP contribution in [0.5, 0.6) is 0 Å². The molecule has 174 valence electrons. The number of ketones is 3.